The van der Waals surface area contributed by atoms with Crippen molar-refractivity contribution in [3.05, 3.63) is 0 Å². The highest BCUT2D eigenvalue weighted by Crippen LogP contribution is 2.28. The van der Waals surface area contributed by atoms with Gasteiger partial charge in [0.15, 0.2) is 0 Å². The quantitative estimate of drug-likeness (QED) is 0.705. The Morgan fingerprint density at radius 1 is 1.62 bits per heavy atom. The third kappa shape index (κ3) is 1.34. The van der Waals surface area contributed by atoms with Crippen molar-refractivity contribution in [1.29, 1.82) is 0 Å². The van der Waals surface area contributed by atoms with Gasteiger partial charge in [0.2, 0.25) is 5.95 Å². The van der Waals surface area contributed by atoms with E-state index < -0.39 is 12.5 Å². The van der Waals surface area contributed by atoms with Gasteiger partial charge < -0.3 is 5.32 Å². The lowest BCUT2D eigenvalue weighted by Gasteiger charge is -2.27. The van der Waals surface area contributed by atoms with E-state index in [0.29, 0.717) is 12.4 Å². The highest BCUT2D eigenvalue weighted by molar-refractivity contribution is 5.26. The van der Waals surface area contributed by atoms with Crippen LogP contribution >= 0.6 is 0 Å². The summed E-state index contributed by atoms with van der Waals surface area (Å²) >= 11 is 0. The normalized spacial score (nSPS) is 27.1. The second-order valence-corrected chi connectivity index (χ2v) is 3.13. The molecule has 7 heteroatoms. The summed E-state index contributed by atoms with van der Waals surface area (Å²) in [6, 6.07) is -0.918. The van der Waals surface area contributed by atoms with E-state index in [-0.39, 0.29) is 6.04 Å². The molecule has 2 unspecified atom stereocenters. The summed E-state index contributed by atoms with van der Waals surface area (Å²) in [4.78, 5) is 0. The maximum Gasteiger partial charge on any atom is 0.260 e. The zero-order chi connectivity index (χ0) is 9.42. The van der Waals surface area contributed by atoms with Crippen LogP contribution < -0.4 is 5.32 Å². The summed E-state index contributed by atoms with van der Waals surface area (Å²) in [6.07, 6.45) is -2.08. The Balaban J connectivity index is 2.32. The number of alkyl halides is 2. The predicted octanol–water partition coefficient (Wildman–Crippen LogP) is 0.683. The predicted molar refractivity (Wildman–Crippen MR) is 40.6 cm³/mol. The van der Waals surface area contributed by atoms with Crippen LogP contribution in [-0.2, 0) is 0 Å². The van der Waals surface area contributed by atoms with E-state index in [1.54, 1.807) is 0 Å². The number of tetrazole rings is 1. The van der Waals surface area contributed by atoms with Gasteiger partial charge >= 0.3 is 0 Å². The number of hydrogen-bond acceptors (Lipinski definition) is 4. The van der Waals surface area contributed by atoms with Gasteiger partial charge in [0.05, 0.1) is 0 Å². The first-order valence-corrected chi connectivity index (χ1v) is 4.01. The number of fused-ring (bicyclic) bond motifs is 1. The van der Waals surface area contributed by atoms with E-state index in [1.165, 1.54) is 0 Å². The zero-order valence-electron chi connectivity index (χ0n) is 6.98. The van der Waals surface area contributed by atoms with Crippen molar-refractivity contribution in [2.45, 2.75) is 31.9 Å². The molecular formula is C6H9F2N5. The average Bonchev–Trinajstić information content (AvgIpc) is 2.49. The van der Waals surface area contributed by atoms with Crippen molar-refractivity contribution in [3.63, 3.8) is 0 Å². The van der Waals surface area contributed by atoms with Gasteiger partial charge in [-0.1, -0.05) is 5.10 Å². The van der Waals surface area contributed by atoms with Crippen LogP contribution in [0.2, 0.25) is 0 Å². The molecule has 1 aromatic rings. The fourth-order valence-corrected chi connectivity index (χ4v) is 1.46. The van der Waals surface area contributed by atoms with E-state index in [2.05, 4.69) is 20.8 Å². The molecule has 2 atom stereocenters. The lowest BCUT2D eigenvalue weighted by Crippen LogP contribution is -2.33. The first-order valence-electron chi connectivity index (χ1n) is 4.01. The summed E-state index contributed by atoms with van der Waals surface area (Å²) in [7, 11) is 0. The van der Waals surface area contributed by atoms with E-state index in [1.807, 2.05) is 6.92 Å². The molecule has 2 rings (SSSR count). The molecule has 5 nitrogen and oxygen atoms in total. The molecule has 0 aliphatic carbocycles. The number of rotatable bonds is 1. The summed E-state index contributed by atoms with van der Waals surface area (Å²) in [5.74, 6) is 0.323. The number of aromatic nitrogens is 4. The molecule has 0 fully saturated rings. The van der Waals surface area contributed by atoms with Gasteiger partial charge in [-0.3, -0.25) is 0 Å². The Morgan fingerprint density at radius 2 is 2.38 bits per heavy atom. The van der Waals surface area contributed by atoms with Crippen LogP contribution in [-0.4, -0.2) is 32.7 Å². The SMILES string of the molecule is CC1CC(C(F)F)n2nnnc2N1. The van der Waals surface area contributed by atoms with Crippen molar-refractivity contribution < 1.29 is 8.78 Å². The molecule has 0 amide bonds. The van der Waals surface area contributed by atoms with Gasteiger partial charge in [0.25, 0.3) is 6.43 Å². The topological polar surface area (TPSA) is 55.6 Å². The van der Waals surface area contributed by atoms with Crippen LogP contribution in [0.15, 0.2) is 0 Å². The average molecular weight is 189 g/mol. The Morgan fingerprint density at radius 3 is 3.08 bits per heavy atom. The molecule has 0 spiro atoms. The Bertz CT molecular complexity index is 299. The van der Waals surface area contributed by atoms with Gasteiger partial charge in [0, 0.05) is 6.04 Å². The maximum absolute atomic E-state index is 12.5. The van der Waals surface area contributed by atoms with Gasteiger partial charge in [0.1, 0.15) is 6.04 Å². The molecule has 72 valence electrons. The maximum atomic E-state index is 12.5. The standard InChI is InChI=1S/C6H9F2N5/c1-3-2-4(5(7)8)13-6(9-3)10-11-12-13/h3-5H,2H2,1H3,(H,9,10,12). The van der Waals surface area contributed by atoms with E-state index in [0.717, 1.165) is 4.68 Å². The van der Waals surface area contributed by atoms with Crippen LogP contribution in [0.5, 0.6) is 0 Å². The van der Waals surface area contributed by atoms with E-state index in [9.17, 15) is 8.78 Å². The van der Waals surface area contributed by atoms with Crippen LogP contribution in [0.1, 0.15) is 19.4 Å². The number of anilines is 1. The number of nitrogens with one attached hydrogen (secondary N) is 1. The van der Waals surface area contributed by atoms with Gasteiger partial charge in [-0.25, -0.2) is 13.5 Å². The molecule has 13 heavy (non-hydrogen) atoms. The second-order valence-electron chi connectivity index (χ2n) is 3.13. The van der Waals surface area contributed by atoms with Gasteiger partial charge in [-0.15, -0.1) is 0 Å². The summed E-state index contributed by atoms with van der Waals surface area (Å²) in [6.45, 7) is 1.83. The molecule has 0 radical (unpaired) electrons. The fourth-order valence-electron chi connectivity index (χ4n) is 1.46. The van der Waals surface area contributed by atoms with Gasteiger partial charge in [-0.2, -0.15) is 0 Å². The molecule has 0 aromatic carbocycles. The number of nitrogens with zero attached hydrogens (tertiary/aromatic N) is 4. The highest BCUT2D eigenvalue weighted by atomic mass is 19.3. The molecule has 0 saturated heterocycles. The van der Waals surface area contributed by atoms with Crippen LogP contribution in [0.25, 0.3) is 0 Å². The first kappa shape index (κ1) is 8.33. The third-order valence-corrected chi connectivity index (χ3v) is 2.07. The van der Waals surface area contributed by atoms with Crippen molar-refractivity contribution >= 4 is 5.95 Å². The van der Waals surface area contributed by atoms with Crippen LogP contribution in [0, 0.1) is 0 Å². The minimum atomic E-state index is -2.42. The minimum absolute atomic E-state index is 0.0162. The third-order valence-electron chi connectivity index (χ3n) is 2.07. The van der Waals surface area contributed by atoms with E-state index >= 15 is 0 Å². The lowest BCUT2D eigenvalue weighted by atomic mass is 10.1. The minimum Gasteiger partial charge on any atom is -0.351 e. The molecule has 1 aliphatic rings. The second kappa shape index (κ2) is 2.90. The molecular weight excluding hydrogens is 180 g/mol. The van der Waals surface area contributed by atoms with Crippen molar-refractivity contribution in [2.75, 3.05) is 5.32 Å². The van der Waals surface area contributed by atoms with Gasteiger partial charge in [-0.05, 0) is 23.8 Å². The molecule has 0 saturated carbocycles. The molecule has 1 aliphatic heterocycles. The summed E-state index contributed by atoms with van der Waals surface area (Å²) in [5.41, 5.74) is 0. The van der Waals surface area contributed by atoms with Crippen molar-refractivity contribution in [2.24, 2.45) is 0 Å². The van der Waals surface area contributed by atoms with Crippen LogP contribution in [0.4, 0.5) is 14.7 Å². The smallest absolute Gasteiger partial charge is 0.260 e. The molecule has 2 heterocycles. The molecule has 0 bridgehead atoms. The largest absolute Gasteiger partial charge is 0.351 e. The van der Waals surface area contributed by atoms with Crippen molar-refractivity contribution in [1.82, 2.24) is 20.2 Å². The van der Waals surface area contributed by atoms with E-state index in [4.69, 9.17) is 0 Å². The number of halogens is 2. The zero-order valence-corrected chi connectivity index (χ0v) is 6.98. The summed E-state index contributed by atoms with van der Waals surface area (Å²) in [5, 5.41) is 13.4. The molecule has 1 aromatic heterocycles. The Labute approximate surface area is 73.1 Å². The molecule has 1 N–H and O–H groups in total. The number of hydrogen-bond donors (Lipinski definition) is 1. The summed E-state index contributed by atoms with van der Waals surface area (Å²) < 4.78 is 26.2. The lowest BCUT2D eigenvalue weighted by molar-refractivity contribution is 0.0658. The Hall–Kier alpha value is -1.27. The highest BCUT2D eigenvalue weighted by Gasteiger charge is 2.32. The monoisotopic (exact) mass is 189 g/mol. The first-order chi connectivity index (χ1) is 6.18. The van der Waals surface area contributed by atoms with Crippen molar-refractivity contribution in [3.8, 4) is 0 Å². The fraction of sp³-hybridized carbons (Fsp3) is 0.833. The Kier molecular flexibility index (Phi) is 1.86. The van der Waals surface area contributed by atoms with Crippen LogP contribution in [0.3, 0.4) is 0 Å².